The zero-order valence-corrected chi connectivity index (χ0v) is 16.9. The molecule has 0 spiro atoms. The Morgan fingerprint density at radius 2 is 1.97 bits per heavy atom. The van der Waals surface area contributed by atoms with E-state index in [1.54, 1.807) is 12.4 Å². The molecule has 7 heteroatoms. The number of aromatic nitrogens is 2. The summed E-state index contributed by atoms with van der Waals surface area (Å²) >= 11 is 0. The highest BCUT2D eigenvalue weighted by Crippen LogP contribution is 2.39. The minimum Gasteiger partial charge on any atom is -0.366 e. The second-order valence-corrected chi connectivity index (χ2v) is 8.49. The van der Waals surface area contributed by atoms with Crippen molar-refractivity contribution in [2.24, 2.45) is 5.92 Å². The monoisotopic (exact) mass is 392 g/mol. The number of nitrogens with zero attached hydrogens (tertiary/aromatic N) is 5. The number of hydrogen-bond donors (Lipinski definition) is 1. The van der Waals surface area contributed by atoms with Gasteiger partial charge in [-0.2, -0.15) is 0 Å². The molecule has 29 heavy (non-hydrogen) atoms. The molecular weight excluding hydrogens is 364 g/mol. The van der Waals surface area contributed by atoms with Crippen molar-refractivity contribution < 1.29 is 4.79 Å². The fraction of sp³-hybridized carbons (Fsp3) is 0.500. The predicted octanol–water partition coefficient (Wildman–Crippen LogP) is 3.73. The number of anilines is 4. The number of pyridine rings is 2. The van der Waals surface area contributed by atoms with Crippen molar-refractivity contribution in [3.63, 3.8) is 0 Å². The number of amides is 2. The predicted molar refractivity (Wildman–Crippen MR) is 116 cm³/mol. The summed E-state index contributed by atoms with van der Waals surface area (Å²) in [6, 6.07) is 8.00. The molecule has 2 atom stereocenters. The molecule has 2 saturated heterocycles. The van der Waals surface area contributed by atoms with Crippen molar-refractivity contribution in [2.75, 3.05) is 46.2 Å². The van der Waals surface area contributed by atoms with Crippen LogP contribution in [0.4, 0.5) is 27.8 Å². The van der Waals surface area contributed by atoms with Crippen LogP contribution in [-0.4, -0.2) is 48.2 Å². The first-order chi connectivity index (χ1) is 14.2. The SMILES string of the molecule is CC1CCCN(c2ccc3c(n2)N(C(=O)Nc2cccnc2)[C@@H]2CCCN3C2)C1. The normalized spacial score (nSPS) is 23.6. The molecule has 1 unspecified atom stereocenters. The first-order valence-electron chi connectivity index (χ1n) is 10.7. The lowest BCUT2D eigenvalue weighted by Gasteiger charge is -2.46. The fourth-order valence-electron chi connectivity index (χ4n) is 4.87. The average molecular weight is 393 g/mol. The number of urea groups is 1. The number of fused-ring (bicyclic) bond motifs is 4. The van der Waals surface area contributed by atoms with Crippen molar-refractivity contribution >= 4 is 29.0 Å². The molecule has 2 fully saturated rings. The second-order valence-electron chi connectivity index (χ2n) is 8.49. The molecule has 0 aromatic carbocycles. The van der Waals surface area contributed by atoms with E-state index in [-0.39, 0.29) is 12.1 Å². The van der Waals surface area contributed by atoms with E-state index >= 15 is 0 Å². The van der Waals surface area contributed by atoms with Gasteiger partial charge in [-0.25, -0.2) is 9.78 Å². The molecule has 152 valence electrons. The molecule has 3 aliphatic rings. The summed E-state index contributed by atoms with van der Waals surface area (Å²) in [5, 5.41) is 3.01. The highest BCUT2D eigenvalue weighted by Gasteiger charge is 2.38. The lowest BCUT2D eigenvalue weighted by Crippen LogP contribution is -2.56. The summed E-state index contributed by atoms with van der Waals surface area (Å²) in [6.07, 6.45) is 7.94. The van der Waals surface area contributed by atoms with Gasteiger partial charge in [0, 0.05) is 32.4 Å². The van der Waals surface area contributed by atoms with Crippen LogP contribution in [0.5, 0.6) is 0 Å². The van der Waals surface area contributed by atoms with Crippen LogP contribution in [0.2, 0.25) is 0 Å². The molecule has 5 heterocycles. The first-order valence-corrected chi connectivity index (χ1v) is 10.7. The standard InChI is InChI=1S/C22H28N6O/c1-16-5-3-12-27(14-16)20-9-8-19-21(25-20)28(18-7-4-11-26(19)15-18)22(29)24-17-6-2-10-23-13-17/h2,6,8-10,13,16,18H,3-5,7,11-12,14-15H2,1H3,(H,24,29)/t16?,18-/m1/s1. The highest BCUT2D eigenvalue weighted by molar-refractivity contribution is 6.04. The first kappa shape index (κ1) is 18.2. The zero-order valence-electron chi connectivity index (χ0n) is 16.9. The molecule has 2 amide bonds. The lowest BCUT2D eigenvalue weighted by molar-refractivity contribution is 0.252. The maximum absolute atomic E-state index is 13.3. The molecule has 0 aliphatic carbocycles. The van der Waals surface area contributed by atoms with Gasteiger partial charge in [-0.3, -0.25) is 9.88 Å². The average Bonchev–Trinajstić information content (AvgIpc) is 2.74. The summed E-state index contributed by atoms with van der Waals surface area (Å²) < 4.78 is 0. The molecule has 0 saturated carbocycles. The van der Waals surface area contributed by atoms with Crippen LogP contribution in [0.25, 0.3) is 0 Å². The Labute approximate surface area is 171 Å². The van der Waals surface area contributed by atoms with Gasteiger partial charge in [0.25, 0.3) is 0 Å². The van der Waals surface area contributed by atoms with Crippen LogP contribution in [-0.2, 0) is 0 Å². The fourth-order valence-corrected chi connectivity index (χ4v) is 4.87. The summed E-state index contributed by atoms with van der Waals surface area (Å²) in [6.45, 7) is 6.26. The smallest absolute Gasteiger partial charge is 0.327 e. The van der Waals surface area contributed by atoms with Gasteiger partial charge in [0.15, 0.2) is 5.82 Å². The summed E-state index contributed by atoms with van der Waals surface area (Å²) in [7, 11) is 0. The number of hydrogen-bond acceptors (Lipinski definition) is 5. The van der Waals surface area contributed by atoms with Crippen LogP contribution in [0.1, 0.15) is 32.6 Å². The van der Waals surface area contributed by atoms with Gasteiger partial charge < -0.3 is 15.1 Å². The van der Waals surface area contributed by atoms with Gasteiger partial charge in [0.1, 0.15) is 5.82 Å². The Hall–Kier alpha value is -2.83. The van der Waals surface area contributed by atoms with Gasteiger partial charge >= 0.3 is 6.03 Å². The van der Waals surface area contributed by atoms with Crippen molar-refractivity contribution in [1.82, 2.24) is 9.97 Å². The van der Waals surface area contributed by atoms with E-state index in [9.17, 15) is 4.79 Å². The summed E-state index contributed by atoms with van der Waals surface area (Å²) in [5.41, 5.74) is 1.77. The third-order valence-electron chi connectivity index (χ3n) is 6.28. The van der Waals surface area contributed by atoms with Crippen LogP contribution < -0.4 is 20.0 Å². The van der Waals surface area contributed by atoms with Gasteiger partial charge in [0.2, 0.25) is 0 Å². The maximum Gasteiger partial charge on any atom is 0.327 e. The van der Waals surface area contributed by atoms with Gasteiger partial charge in [0.05, 0.1) is 23.6 Å². The number of rotatable bonds is 2. The summed E-state index contributed by atoms with van der Waals surface area (Å²) in [5.74, 6) is 2.45. The largest absolute Gasteiger partial charge is 0.366 e. The van der Waals surface area contributed by atoms with E-state index in [1.165, 1.54) is 12.8 Å². The summed E-state index contributed by atoms with van der Waals surface area (Å²) in [4.78, 5) is 29.1. The maximum atomic E-state index is 13.3. The Bertz CT molecular complexity index is 888. The lowest BCUT2D eigenvalue weighted by atomic mass is 9.99. The number of nitrogens with one attached hydrogen (secondary N) is 1. The third-order valence-corrected chi connectivity index (χ3v) is 6.28. The number of piperidine rings is 2. The second kappa shape index (κ2) is 7.54. The van der Waals surface area contributed by atoms with E-state index < -0.39 is 0 Å². The molecular formula is C22H28N6O. The quantitative estimate of drug-likeness (QED) is 0.844. The minimum atomic E-state index is -0.123. The van der Waals surface area contributed by atoms with Crippen LogP contribution >= 0.6 is 0 Å². The van der Waals surface area contributed by atoms with E-state index in [1.807, 2.05) is 17.0 Å². The molecule has 2 aromatic heterocycles. The number of carbonyl (C=O) groups excluding carboxylic acids is 1. The van der Waals surface area contributed by atoms with E-state index in [2.05, 4.69) is 39.2 Å². The highest BCUT2D eigenvalue weighted by atomic mass is 16.2. The van der Waals surface area contributed by atoms with Crippen molar-refractivity contribution in [3.8, 4) is 0 Å². The third kappa shape index (κ3) is 3.50. The van der Waals surface area contributed by atoms with Crippen molar-refractivity contribution in [2.45, 2.75) is 38.6 Å². The Kier molecular flexibility index (Phi) is 4.73. The van der Waals surface area contributed by atoms with E-state index in [0.29, 0.717) is 11.6 Å². The van der Waals surface area contributed by atoms with Crippen molar-refractivity contribution in [1.29, 1.82) is 0 Å². The Balaban J connectivity index is 1.49. The molecule has 5 rings (SSSR count). The Morgan fingerprint density at radius 1 is 1.10 bits per heavy atom. The Morgan fingerprint density at radius 3 is 2.79 bits per heavy atom. The molecule has 1 N–H and O–H groups in total. The molecule has 3 aliphatic heterocycles. The topological polar surface area (TPSA) is 64.6 Å². The molecule has 2 aromatic rings. The van der Waals surface area contributed by atoms with Crippen molar-refractivity contribution in [3.05, 3.63) is 36.7 Å². The van der Waals surface area contributed by atoms with Crippen LogP contribution in [0.15, 0.2) is 36.7 Å². The number of carbonyl (C=O) groups is 1. The van der Waals surface area contributed by atoms with Gasteiger partial charge in [-0.15, -0.1) is 0 Å². The van der Waals surface area contributed by atoms with Crippen LogP contribution in [0.3, 0.4) is 0 Å². The molecule has 7 nitrogen and oxygen atoms in total. The van der Waals surface area contributed by atoms with Gasteiger partial charge in [-0.05, 0) is 55.9 Å². The molecule has 0 radical (unpaired) electrons. The molecule has 2 bridgehead atoms. The zero-order chi connectivity index (χ0) is 19.8. The van der Waals surface area contributed by atoms with Crippen LogP contribution in [0, 0.1) is 5.92 Å². The van der Waals surface area contributed by atoms with E-state index in [0.717, 1.165) is 56.3 Å². The van der Waals surface area contributed by atoms with E-state index in [4.69, 9.17) is 4.98 Å². The minimum absolute atomic E-state index is 0.123. The van der Waals surface area contributed by atoms with Gasteiger partial charge in [-0.1, -0.05) is 6.92 Å².